The summed E-state index contributed by atoms with van der Waals surface area (Å²) in [7, 11) is 0. The number of hydrogen-bond donors (Lipinski definition) is 1. The van der Waals surface area contributed by atoms with Crippen molar-refractivity contribution in [2.45, 2.75) is 19.3 Å². The van der Waals surface area contributed by atoms with Crippen molar-refractivity contribution < 1.29 is 4.79 Å². The highest BCUT2D eigenvalue weighted by Gasteiger charge is 2.49. The first-order valence-electron chi connectivity index (χ1n) is 9.37. The maximum atomic E-state index is 12.5. The number of aromatic nitrogens is 5. The van der Waals surface area contributed by atoms with Gasteiger partial charge >= 0.3 is 0 Å². The van der Waals surface area contributed by atoms with Gasteiger partial charge in [-0.05, 0) is 53.5 Å². The van der Waals surface area contributed by atoms with Crippen molar-refractivity contribution in [2.75, 3.05) is 24.5 Å². The van der Waals surface area contributed by atoms with E-state index in [4.69, 9.17) is 0 Å². The lowest BCUT2D eigenvalue weighted by atomic mass is 9.80. The van der Waals surface area contributed by atoms with Gasteiger partial charge in [0.1, 0.15) is 0 Å². The van der Waals surface area contributed by atoms with E-state index in [1.807, 2.05) is 42.5 Å². The standard InChI is InChI=1S/C19H21N7O/c27-18(14-5-2-1-3-6-14)20-12-19-10-4-7-15(19)11-25(13-19)17-9-8-16-21-23-24-26(16)22-17/h1-3,5-6,8-9,15H,4,7,10-13H2,(H,20,27)/t15-,19-/m0/s1. The van der Waals surface area contributed by atoms with E-state index < -0.39 is 0 Å². The number of carbonyl (C=O) groups is 1. The molecule has 5 rings (SSSR count). The molecule has 2 atom stereocenters. The highest BCUT2D eigenvalue weighted by molar-refractivity contribution is 5.94. The van der Waals surface area contributed by atoms with E-state index in [-0.39, 0.29) is 11.3 Å². The van der Waals surface area contributed by atoms with Crippen molar-refractivity contribution in [1.29, 1.82) is 0 Å². The van der Waals surface area contributed by atoms with E-state index in [1.54, 1.807) is 0 Å². The van der Waals surface area contributed by atoms with Crippen LogP contribution in [0.25, 0.3) is 5.65 Å². The van der Waals surface area contributed by atoms with Gasteiger partial charge in [0.05, 0.1) is 0 Å². The molecule has 3 aromatic rings. The van der Waals surface area contributed by atoms with Crippen LogP contribution in [0.4, 0.5) is 5.82 Å². The number of hydrogen-bond acceptors (Lipinski definition) is 6. The van der Waals surface area contributed by atoms with Gasteiger partial charge in [0.2, 0.25) is 0 Å². The summed E-state index contributed by atoms with van der Waals surface area (Å²) in [5.74, 6) is 1.46. The quantitative estimate of drug-likeness (QED) is 0.757. The fourth-order valence-electron chi connectivity index (χ4n) is 4.63. The van der Waals surface area contributed by atoms with Crippen LogP contribution in [0.2, 0.25) is 0 Å². The van der Waals surface area contributed by atoms with Crippen molar-refractivity contribution in [3.8, 4) is 0 Å². The first-order chi connectivity index (χ1) is 13.2. The highest BCUT2D eigenvalue weighted by Crippen LogP contribution is 2.49. The summed E-state index contributed by atoms with van der Waals surface area (Å²) in [6, 6.07) is 13.3. The number of carbonyl (C=O) groups excluding carboxylic acids is 1. The molecule has 0 unspecified atom stereocenters. The van der Waals surface area contributed by atoms with Gasteiger partial charge in [-0.3, -0.25) is 4.79 Å². The van der Waals surface area contributed by atoms with Crippen LogP contribution in [0, 0.1) is 11.3 Å². The lowest BCUT2D eigenvalue weighted by Crippen LogP contribution is -2.40. The molecular weight excluding hydrogens is 342 g/mol. The molecule has 2 fully saturated rings. The van der Waals surface area contributed by atoms with E-state index in [0.717, 1.165) is 25.3 Å². The summed E-state index contributed by atoms with van der Waals surface area (Å²) in [6.07, 6.45) is 3.56. The molecular formula is C19H21N7O. The second-order valence-electron chi connectivity index (χ2n) is 7.60. The van der Waals surface area contributed by atoms with Crippen molar-refractivity contribution in [3.63, 3.8) is 0 Å². The lowest BCUT2D eigenvalue weighted by Gasteiger charge is -2.29. The third kappa shape index (κ3) is 2.81. The Morgan fingerprint density at radius 1 is 1.22 bits per heavy atom. The maximum Gasteiger partial charge on any atom is 0.251 e. The largest absolute Gasteiger partial charge is 0.354 e. The number of nitrogens with zero attached hydrogens (tertiary/aromatic N) is 6. The van der Waals surface area contributed by atoms with Gasteiger partial charge in [0.25, 0.3) is 5.91 Å². The molecule has 8 nitrogen and oxygen atoms in total. The third-order valence-electron chi connectivity index (χ3n) is 6.06. The zero-order valence-corrected chi connectivity index (χ0v) is 15.0. The molecule has 1 aliphatic carbocycles. The Morgan fingerprint density at radius 2 is 2.11 bits per heavy atom. The lowest BCUT2D eigenvalue weighted by molar-refractivity contribution is 0.0927. The molecule has 0 spiro atoms. The number of amides is 1. The molecule has 1 N–H and O–H groups in total. The van der Waals surface area contributed by atoms with Crippen molar-refractivity contribution in [1.82, 2.24) is 30.6 Å². The molecule has 2 aliphatic rings. The Kier molecular flexibility index (Phi) is 3.77. The monoisotopic (exact) mass is 363 g/mol. The summed E-state index contributed by atoms with van der Waals surface area (Å²) in [4.78, 5) is 14.8. The maximum absolute atomic E-state index is 12.5. The van der Waals surface area contributed by atoms with Crippen LogP contribution in [-0.2, 0) is 0 Å². The van der Waals surface area contributed by atoms with Gasteiger partial charge < -0.3 is 10.2 Å². The molecule has 1 aliphatic heterocycles. The minimum atomic E-state index is 0.00214. The minimum Gasteiger partial charge on any atom is -0.354 e. The topological polar surface area (TPSA) is 88.3 Å². The molecule has 1 saturated carbocycles. The van der Waals surface area contributed by atoms with Crippen molar-refractivity contribution in [3.05, 3.63) is 48.0 Å². The van der Waals surface area contributed by atoms with Gasteiger partial charge in [0, 0.05) is 30.6 Å². The predicted octanol–water partition coefficient (Wildman–Crippen LogP) is 1.56. The Hall–Kier alpha value is -3.03. The molecule has 138 valence electrons. The number of fused-ring (bicyclic) bond motifs is 2. The Labute approximate surface area is 156 Å². The first kappa shape index (κ1) is 16.2. The average Bonchev–Trinajstić information content (AvgIpc) is 3.40. The molecule has 8 heteroatoms. The highest BCUT2D eigenvalue weighted by atomic mass is 16.1. The fraction of sp³-hybridized carbons (Fsp3) is 0.421. The van der Waals surface area contributed by atoms with E-state index in [9.17, 15) is 4.79 Å². The normalized spacial score (nSPS) is 24.3. The first-order valence-corrected chi connectivity index (χ1v) is 9.37. The van der Waals surface area contributed by atoms with Gasteiger partial charge in [0.15, 0.2) is 11.5 Å². The molecule has 1 saturated heterocycles. The minimum absolute atomic E-state index is 0.00214. The van der Waals surface area contributed by atoms with Crippen LogP contribution >= 0.6 is 0 Å². The Balaban J connectivity index is 1.33. The molecule has 0 radical (unpaired) electrons. The zero-order valence-electron chi connectivity index (χ0n) is 15.0. The number of benzene rings is 1. The Bertz CT molecular complexity index is 972. The predicted molar refractivity (Wildman–Crippen MR) is 99.3 cm³/mol. The molecule has 3 heterocycles. The van der Waals surface area contributed by atoms with Crippen LogP contribution in [0.5, 0.6) is 0 Å². The van der Waals surface area contributed by atoms with E-state index in [0.29, 0.717) is 23.7 Å². The van der Waals surface area contributed by atoms with Crippen LogP contribution in [-0.4, -0.2) is 50.8 Å². The summed E-state index contributed by atoms with van der Waals surface area (Å²) >= 11 is 0. The second-order valence-corrected chi connectivity index (χ2v) is 7.60. The fourth-order valence-corrected chi connectivity index (χ4v) is 4.63. The molecule has 27 heavy (non-hydrogen) atoms. The summed E-state index contributed by atoms with van der Waals surface area (Å²) in [5, 5.41) is 19.2. The summed E-state index contributed by atoms with van der Waals surface area (Å²) in [5.41, 5.74) is 1.47. The third-order valence-corrected chi connectivity index (χ3v) is 6.06. The molecule has 1 amide bonds. The van der Waals surface area contributed by atoms with Crippen molar-refractivity contribution >= 4 is 17.4 Å². The number of anilines is 1. The zero-order chi connectivity index (χ0) is 18.3. The van der Waals surface area contributed by atoms with Gasteiger partial charge in [-0.2, -0.15) is 0 Å². The van der Waals surface area contributed by atoms with Crippen LogP contribution in [0.1, 0.15) is 29.6 Å². The van der Waals surface area contributed by atoms with E-state index in [1.165, 1.54) is 17.5 Å². The van der Waals surface area contributed by atoms with Gasteiger partial charge in [-0.25, -0.2) is 0 Å². The van der Waals surface area contributed by atoms with Gasteiger partial charge in [-0.1, -0.05) is 24.6 Å². The summed E-state index contributed by atoms with van der Waals surface area (Å²) in [6.45, 7) is 2.56. The van der Waals surface area contributed by atoms with E-state index in [2.05, 4.69) is 30.8 Å². The smallest absolute Gasteiger partial charge is 0.251 e. The van der Waals surface area contributed by atoms with Crippen LogP contribution in [0.15, 0.2) is 42.5 Å². The average molecular weight is 363 g/mol. The number of nitrogens with one attached hydrogen (secondary N) is 1. The number of rotatable bonds is 4. The van der Waals surface area contributed by atoms with Gasteiger partial charge in [-0.15, -0.1) is 14.8 Å². The molecule has 1 aromatic carbocycles. The molecule has 2 aromatic heterocycles. The number of tetrazole rings is 1. The van der Waals surface area contributed by atoms with Crippen LogP contribution in [0.3, 0.4) is 0 Å². The van der Waals surface area contributed by atoms with E-state index >= 15 is 0 Å². The SMILES string of the molecule is O=C(NC[C@]12CCC[C@H]1CN(c1ccc3nnnn3n1)C2)c1ccccc1. The summed E-state index contributed by atoms with van der Waals surface area (Å²) < 4.78 is 1.47. The van der Waals surface area contributed by atoms with Crippen LogP contribution < -0.4 is 10.2 Å². The molecule has 0 bridgehead atoms. The second kappa shape index (κ2) is 6.29. The Morgan fingerprint density at radius 3 is 3.00 bits per heavy atom. The van der Waals surface area contributed by atoms with Crippen molar-refractivity contribution in [2.24, 2.45) is 11.3 Å².